The van der Waals surface area contributed by atoms with E-state index in [0.717, 1.165) is 55.3 Å². The lowest BCUT2D eigenvalue weighted by Gasteiger charge is -2.34. The van der Waals surface area contributed by atoms with Crippen LogP contribution in [0.2, 0.25) is 0 Å². The van der Waals surface area contributed by atoms with E-state index < -0.39 is 0 Å². The van der Waals surface area contributed by atoms with Gasteiger partial charge in [-0.15, -0.1) is 10.2 Å². The normalized spacial score (nSPS) is 17.8. The molecule has 0 aliphatic carbocycles. The fourth-order valence-electron chi connectivity index (χ4n) is 4.11. The summed E-state index contributed by atoms with van der Waals surface area (Å²) in [5, 5.41) is 10.2. The molecule has 6 heteroatoms. The number of nitrogens with zero attached hydrogens (tertiary/aromatic N) is 6. The highest BCUT2D eigenvalue weighted by atomic mass is 15.3. The summed E-state index contributed by atoms with van der Waals surface area (Å²) >= 11 is 0. The molecule has 3 aromatic rings. The third kappa shape index (κ3) is 3.54. The van der Waals surface area contributed by atoms with E-state index in [2.05, 4.69) is 83.0 Å². The molecule has 0 spiro atoms. The Labute approximate surface area is 160 Å². The topological polar surface area (TPSA) is 50.1 Å². The van der Waals surface area contributed by atoms with Gasteiger partial charge in [0, 0.05) is 42.8 Å². The molecular formula is C21H28N6. The highest BCUT2D eigenvalue weighted by Gasteiger charge is 2.27. The van der Waals surface area contributed by atoms with Gasteiger partial charge in [-0.2, -0.15) is 0 Å². The summed E-state index contributed by atoms with van der Waals surface area (Å²) in [5.74, 6) is 2.53. The van der Waals surface area contributed by atoms with Crippen molar-refractivity contribution in [3.05, 3.63) is 47.7 Å². The second-order valence-corrected chi connectivity index (χ2v) is 7.86. The number of aryl methyl sites for hydroxylation is 1. The van der Waals surface area contributed by atoms with Crippen LogP contribution >= 0.6 is 0 Å². The lowest BCUT2D eigenvalue weighted by Crippen LogP contribution is -2.35. The zero-order chi connectivity index (χ0) is 19.0. The average molecular weight is 364 g/mol. The van der Waals surface area contributed by atoms with Gasteiger partial charge in [0.25, 0.3) is 0 Å². The first-order valence-corrected chi connectivity index (χ1v) is 9.67. The van der Waals surface area contributed by atoms with Crippen molar-refractivity contribution < 1.29 is 0 Å². The first-order valence-electron chi connectivity index (χ1n) is 9.67. The highest BCUT2D eigenvalue weighted by Crippen LogP contribution is 2.33. The first kappa shape index (κ1) is 17.9. The molecule has 3 heterocycles. The predicted octanol–water partition coefficient (Wildman–Crippen LogP) is 3.12. The number of pyridine rings is 1. The van der Waals surface area contributed by atoms with Gasteiger partial charge in [0.15, 0.2) is 0 Å². The van der Waals surface area contributed by atoms with Crippen molar-refractivity contribution >= 4 is 16.6 Å². The minimum Gasteiger partial charge on any atom is -0.370 e. The van der Waals surface area contributed by atoms with Crippen molar-refractivity contribution in [2.45, 2.75) is 32.2 Å². The number of para-hydroxylation sites is 1. The zero-order valence-corrected chi connectivity index (χ0v) is 16.7. The van der Waals surface area contributed by atoms with Crippen LogP contribution in [0.25, 0.3) is 10.9 Å². The number of fused-ring (bicyclic) bond motifs is 1. The van der Waals surface area contributed by atoms with E-state index in [1.165, 1.54) is 11.1 Å². The van der Waals surface area contributed by atoms with Gasteiger partial charge in [-0.25, -0.2) is 0 Å². The molecule has 6 nitrogen and oxygen atoms in total. The minimum absolute atomic E-state index is 0.402. The highest BCUT2D eigenvalue weighted by molar-refractivity contribution is 5.92. The smallest absolute Gasteiger partial charge is 0.146 e. The molecule has 0 N–H and O–H groups in total. The summed E-state index contributed by atoms with van der Waals surface area (Å²) in [6.07, 6.45) is 2.32. The number of benzene rings is 1. The van der Waals surface area contributed by atoms with Crippen LogP contribution in [-0.2, 0) is 13.6 Å². The second-order valence-electron chi connectivity index (χ2n) is 7.86. The molecule has 4 rings (SSSR count). The predicted molar refractivity (Wildman–Crippen MR) is 109 cm³/mol. The monoisotopic (exact) mass is 364 g/mol. The van der Waals surface area contributed by atoms with E-state index in [9.17, 15) is 0 Å². The number of hydrogen-bond donors (Lipinski definition) is 0. The Morgan fingerprint density at radius 3 is 2.81 bits per heavy atom. The van der Waals surface area contributed by atoms with Gasteiger partial charge in [0.1, 0.15) is 11.6 Å². The van der Waals surface area contributed by atoms with E-state index in [0.29, 0.717) is 5.92 Å². The summed E-state index contributed by atoms with van der Waals surface area (Å²) in [4.78, 5) is 9.33. The third-order valence-electron chi connectivity index (χ3n) is 5.41. The summed E-state index contributed by atoms with van der Waals surface area (Å²) in [5.41, 5.74) is 3.43. The maximum atomic E-state index is 4.70. The molecule has 1 aromatic carbocycles. The van der Waals surface area contributed by atoms with Crippen molar-refractivity contribution in [1.82, 2.24) is 24.6 Å². The number of aromatic nitrogens is 4. The Morgan fingerprint density at radius 1 is 1.19 bits per heavy atom. The molecule has 2 aromatic heterocycles. The molecule has 0 amide bonds. The molecule has 27 heavy (non-hydrogen) atoms. The molecule has 1 aliphatic rings. The van der Waals surface area contributed by atoms with Gasteiger partial charge >= 0.3 is 0 Å². The van der Waals surface area contributed by atoms with Crippen LogP contribution in [0.4, 0.5) is 5.69 Å². The van der Waals surface area contributed by atoms with Crippen molar-refractivity contribution in [3.63, 3.8) is 0 Å². The largest absolute Gasteiger partial charge is 0.370 e. The van der Waals surface area contributed by atoms with Crippen LogP contribution in [0.5, 0.6) is 0 Å². The van der Waals surface area contributed by atoms with Crippen LogP contribution in [0.3, 0.4) is 0 Å². The molecular weight excluding hydrogens is 336 g/mol. The van der Waals surface area contributed by atoms with E-state index in [4.69, 9.17) is 4.98 Å². The second kappa shape index (κ2) is 7.27. The lowest BCUT2D eigenvalue weighted by molar-refractivity contribution is 0.382. The fourth-order valence-corrected chi connectivity index (χ4v) is 4.11. The van der Waals surface area contributed by atoms with Gasteiger partial charge < -0.3 is 14.4 Å². The SMILES string of the molecule is Cc1cc(N2CCC[C@H](c3nnc(CN(C)C)n3C)C2)c2ccccc2n1. The average Bonchev–Trinajstić information content (AvgIpc) is 3.01. The van der Waals surface area contributed by atoms with Crippen LogP contribution in [0.15, 0.2) is 30.3 Å². The van der Waals surface area contributed by atoms with Gasteiger partial charge in [-0.3, -0.25) is 4.98 Å². The van der Waals surface area contributed by atoms with Crippen LogP contribution in [-0.4, -0.2) is 51.8 Å². The molecule has 0 radical (unpaired) electrons. The molecule has 1 fully saturated rings. The van der Waals surface area contributed by atoms with Crippen molar-refractivity contribution in [3.8, 4) is 0 Å². The van der Waals surface area contributed by atoms with Gasteiger partial charge in [0.2, 0.25) is 0 Å². The molecule has 1 saturated heterocycles. The van der Waals surface area contributed by atoms with E-state index in [1.54, 1.807) is 0 Å². The summed E-state index contributed by atoms with van der Waals surface area (Å²) in [6, 6.07) is 10.7. The van der Waals surface area contributed by atoms with Crippen molar-refractivity contribution in [1.29, 1.82) is 0 Å². The lowest BCUT2D eigenvalue weighted by atomic mass is 9.96. The van der Waals surface area contributed by atoms with E-state index in [1.807, 2.05) is 0 Å². The number of hydrogen-bond acceptors (Lipinski definition) is 5. The van der Waals surface area contributed by atoms with Gasteiger partial charge in [-0.1, -0.05) is 18.2 Å². The molecule has 0 bridgehead atoms. The van der Waals surface area contributed by atoms with Gasteiger partial charge in [-0.05, 0) is 46.0 Å². The molecule has 0 unspecified atom stereocenters. The minimum atomic E-state index is 0.402. The van der Waals surface area contributed by atoms with Crippen LogP contribution < -0.4 is 4.90 Å². The van der Waals surface area contributed by atoms with Crippen molar-refractivity contribution in [2.75, 3.05) is 32.1 Å². The molecule has 1 aliphatic heterocycles. The maximum absolute atomic E-state index is 4.70. The number of anilines is 1. The third-order valence-corrected chi connectivity index (χ3v) is 5.41. The first-order chi connectivity index (χ1) is 13.0. The zero-order valence-electron chi connectivity index (χ0n) is 16.7. The van der Waals surface area contributed by atoms with E-state index in [-0.39, 0.29) is 0 Å². The maximum Gasteiger partial charge on any atom is 0.146 e. The van der Waals surface area contributed by atoms with Crippen LogP contribution in [0, 0.1) is 6.92 Å². The summed E-state index contributed by atoms with van der Waals surface area (Å²) in [6.45, 7) is 4.94. The Kier molecular flexibility index (Phi) is 4.83. The van der Waals surface area contributed by atoms with Crippen LogP contribution in [0.1, 0.15) is 36.1 Å². The Balaban J connectivity index is 1.64. The van der Waals surface area contributed by atoms with Crippen molar-refractivity contribution in [2.24, 2.45) is 7.05 Å². The quantitative estimate of drug-likeness (QED) is 0.712. The number of piperidine rings is 1. The molecule has 142 valence electrons. The summed E-state index contributed by atoms with van der Waals surface area (Å²) < 4.78 is 2.18. The molecule has 0 saturated carbocycles. The fraction of sp³-hybridized carbons (Fsp3) is 0.476. The Bertz CT molecular complexity index is 945. The van der Waals surface area contributed by atoms with E-state index >= 15 is 0 Å². The Morgan fingerprint density at radius 2 is 2.00 bits per heavy atom. The van der Waals surface area contributed by atoms with Gasteiger partial charge in [0.05, 0.1) is 12.1 Å². The summed E-state index contributed by atoms with van der Waals surface area (Å²) in [7, 11) is 6.22. The molecule has 1 atom stereocenters. The Hall–Kier alpha value is -2.47. The number of rotatable bonds is 4. The standard InChI is InChI=1S/C21H28N6/c1-15-12-19(17-9-5-6-10-18(17)22-15)27-11-7-8-16(13-27)21-24-23-20(26(21)4)14-25(2)3/h5-6,9-10,12,16H,7-8,11,13-14H2,1-4H3/t16-/m0/s1.